The molecule has 5 nitrogen and oxygen atoms in total. The maximum Gasteiger partial charge on any atom is 0.324 e. The van der Waals surface area contributed by atoms with Gasteiger partial charge in [-0.3, -0.25) is 9.80 Å². The van der Waals surface area contributed by atoms with Gasteiger partial charge >= 0.3 is 6.03 Å². The molecule has 0 aromatic rings. The van der Waals surface area contributed by atoms with Crippen LogP contribution in [-0.2, 0) is 9.47 Å². The van der Waals surface area contributed by atoms with E-state index in [-0.39, 0.29) is 17.1 Å². The van der Waals surface area contributed by atoms with Crippen LogP contribution in [0.4, 0.5) is 4.79 Å². The van der Waals surface area contributed by atoms with Crippen LogP contribution in [0.1, 0.15) is 67.2 Å². The Morgan fingerprint density at radius 2 is 1.18 bits per heavy atom. The van der Waals surface area contributed by atoms with E-state index in [1.807, 2.05) is 9.80 Å². The predicted molar refractivity (Wildman–Crippen MR) is 88.7 cm³/mol. The van der Waals surface area contributed by atoms with Crippen LogP contribution in [0.3, 0.4) is 0 Å². The van der Waals surface area contributed by atoms with Gasteiger partial charge in [-0.25, -0.2) is 4.79 Å². The SMILES string of the molecule is CCCOCN1C(=O)N(COCCC)C(C)(CC)C1(C)CC. The van der Waals surface area contributed by atoms with Crippen molar-refractivity contribution in [1.82, 2.24) is 9.80 Å². The number of hydrogen-bond donors (Lipinski definition) is 0. The third kappa shape index (κ3) is 3.25. The summed E-state index contributed by atoms with van der Waals surface area (Å²) in [5, 5.41) is 0. The Labute approximate surface area is 135 Å². The van der Waals surface area contributed by atoms with E-state index in [4.69, 9.17) is 9.47 Å². The average molecular weight is 314 g/mol. The number of carbonyl (C=O) groups is 1. The third-order valence-electron chi connectivity index (χ3n) is 5.33. The largest absolute Gasteiger partial charge is 0.361 e. The maximum absolute atomic E-state index is 12.9. The van der Waals surface area contributed by atoms with Crippen LogP contribution in [0, 0.1) is 0 Å². The molecule has 2 amide bonds. The lowest BCUT2D eigenvalue weighted by Crippen LogP contribution is -2.58. The van der Waals surface area contributed by atoms with Crippen LogP contribution < -0.4 is 0 Å². The van der Waals surface area contributed by atoms with Crippen molar-refractivity contribution < 1.29 is 14.3 Å². The van der Waals surface area contributed by atoms with Crippen molar-refractivity contribution in [3.05, 3.63) is 0 Å². The lowest BCUT2D eigenvalue weighted by Gasteiger charge is -2.45. The second-order valence-electron chi connectivity index (χ2n) is 6.47. The van der Waals surface area contributed by atoms with E-state index >= 15 is 0 Å². The van der Waals surface area contributed by atoms with Gasteiger partial charge in [-0.2, -0.15) is 0 Å². The van der Waals surface area contributed by atoms with Crippen molar-refractivity contribution in [2.24, 2.45) is 0 Å². The Hall–Kier alpha value is -0.810. The molecule has 0 saturated carbocycles. The lowest BCUT2D eigenvalue weighted by atomic mass is 9.75. The van der Waals surface area contributed by atoms with Crippen molar-refractivity contribution in [3.8, 4) is 0 Å². The monoisotopic (exact) mass is 314 g/mol. The number of amides is 2. The van der Waals surface area contributed by atoms with Gasteiger partial charge in [0.15, 0.2) is 0 Å². The van der Waals surface area contributed by atoms with E-state index in [0.29, 0.717) is 26.7 Å². The zero-order chi connectivity index (χ0) is 16.8. The minimum absolute atomic E-state index is 0.0286. The van der Waals surface area contributed by atoms with Crippen LogP contribution in [0.25, 0.3) is 0 Å². The Bertz CT molecular complexity index is 332. The van der Waals surface area contributed by atoms with Crippen molar-refractivity contribution >= 4 is 6.03 Å². The lowest BCUT2D eigenvalue weighted by molar-refractivity contribution is -0.0293. The summed E-state index contributed by atoms with van der Waals surface area (Å²) in [6.07, 6.45) is 3.70. The Kier molecular flexibility index (Phi) is 7.13. The normalized spacial score (nSPS) is 28.7. The average Bonchev–Trinajstić information content (AvgIpc) is 2.68. The molecule has 0 bridgehead atoms. The zero-order valence-electron chi connectivity index (χ0n) is 15.3. The molecule has 2 unspecified atom stereocenters. The number of carbonyl (C=O) groups excluding carboxylic acids is 1. The number of ether oxygens (including phenoxy) is 2. The van der Waals surface area contributed by atoms with E-state index in [9.17, 15) is 4.79 Å². The van der Waals surface area contributed by atoms with Gasteiger partial charge < -0.3 is 9.47 Å². The predicted octanol–water partition coefficient (Wildman–Crippen LogP) is 3.83. The van der Waals surface area contributed by atoms with Crippen LogP contribution >= 0.6 is 0 Å². The highest BCUT2D eigenvalue weighted by molar-refractivity contribution is 5.79. The summed E-state index contributed by atoms with van der Waals surface area (Å²) in [7, 11) is 0. The second kappa shape index (κ2) is 8.16. The van der Waals surface area contributed by atoms with E-state index in [1.54, 1.807) is 0 Å². The fraction of sp³-hybridized carbons (Fsp3) is 0.941. The Morgan fingerprint density at radius 3 is 1.45 bits per heavy atom. The molecule has 1 heterocycles. The smallest absolute Gasteiger partial charge is 0.324 e. The fourth-order valence-corrected chi connectivity index (χ4v) is 3.29. The molecule has 2 atom stereocenters. The Morgan fingerprint density at radius 1 is 0.818 bits per heavy atom. The molecule has 0 radical (unpaired) electrons. The van der Waals surface area contributed by atoms with E-state index in [2.05, 4.69) is 41.5 Å². The molecule has 1 aliphatic rings. The summed E-state index contributed by atoms with van der Waals surface area (Å²) < 4.78 is 11.4. The first-order chi connectivity index (χ1) is 10.4. The van der Waals surface area contributed by atoms with Crippen LogP contribution in [0.15, 0.2) is 0 Å². The first-order valence-corrected chi connectivity index (χ1v) is 8.67. The van der Waals surface area contributed by atoms with Gasteiger partial charge in [0.1, 0.15) is 13.5 Å². The molecular formula is C17H34N2O3. The molecule has 0 N–H and O–H groups in total. The summed E-state index contributed by atoms with van der Waals surface area (Å²) in [6, 6.07) is 0.0286. The summed E-state index contributed by atoms with van der Waals surface area (Å²) in [5.41, 5.74) is -0.496. The van der Waals surface area contributed by atoms with Crippen molar-refractivity contribution in [2.75, 3.05) is 26.7 Å². The first kappa shape index (κ1) is 19.2. The van der Waals surface area contributed by atoms with E-state index in [0.717, 1.165) is 25.7 Å². The minimum Gasteiger partial charge on any atom is -0.361 e. The molecule has 1 saturated heterocycles. The molecule has 0 aliphatic carbocycles. The quantitative estimate of drug-likeness (QED) is 0.576. The third-order valence-corrected chi connectivity index (χ3v) is 5.33. The topological polar surface area (TPSA) is 42.0 Å². The van der Waals surface area contributed by atoms with Gasteiger partial charge in [-0.15, -0.1) is 0 Å². The molecule has 5 heteroatoms. The summed E-state index contributed by atoms with van der Waals surface area (Å²) >= 11 is 0. The van der Waals surface area contributed by atoms with Crippen LogP contribution in [0.2, 0.25) is 0 Å². The number of urea groups is 1. The highest BCUT2D eigenvalue weighted by atomic mass is 16.5. The van der Waals surface area contributed by atoms with Crippen molar-refractivity contribution in [3.63, 3.8) is 0 Å². The van der Waals surface area contributed by atoms with Crippen LogP contribution in [-0.4, -0.2) is 53.6 Å². The van der Waals surface area contributed by atoms with Crippen molar-refractivity contribution in [1.29, 1.82) is 0 Å². The molecule has 130 valence electrons. The molecule has 0 aromatic carbocycles. The van der Waals surface area contributed by atoms with Gasteiger partial charge in [-0.05, 0) is 39.5 Å². The molecule has 0 aromatic heterocycles. The number of hydrogen-bond acceptors (Lipinski definition) is 3. The molecule has 22 heavy (non-hydrogen) atoms. The first-order valence-electron chi connectivity index (χ1n) is 8.67. The minimum atomic E-state index is -0.248. The fourth-order valence-electron chi connectivity index (χ4n) is 3.29. The van der Waals surface area contributed by atoms with Gasteiger partial charge in [-0.1, -0.05) is 27.7 Å². The molecule has 1 rings (SSSR count). The van der Waals surface area contributed by atoms with Crippen molar-refractivity contribution in [2.45, 2.75) is 78.3 Å². The Balaban J connectivity index is 3.00. The van der Waals surface area contributed by atoms with Gasteiger partial charge in [0.05, 0.1) is 11.1 Å². The van der Waals surface area contributed by atoms with Gasteiger partial charge in [0.25, 0.3) is 0 Å². The summed E-state index contributed by atoms with van der Waals surface area (Å²) in [4.78, 5) is 16.7. The summed E-state index contributed by atoms with van der Waals surface area (Å²) in [5.74, 6) is 0. The molecular weight excluding hydrogens is 280 g/mol. The molecule has 1 aliphatic heterocycles. The maximum atomic E-state index is 12.9. The van der Waals surface area contributed by atoms with E-state index in [1.165, 1.54) is 0 Å². The highest BCUT2D eigenvalue weighted by Crippen LogP contribution is 2.45. The molecule has 0 spiro atoms. The number of nitrogens with zero attached hydrogens (tertiary/aromatic N) is 2. The van der Waals surface area contributed by atoms with Gasteiger partial charge in [0, 0.05) is 13.2 Å². The highest BCUT2D eigenvalue weighted by Gasteiger charge is 2.60. The number of rotatable bonds is 10. The summed E-state index contributed by atoms with van der Waals surface area (Å²) in [6.45, 7) is 14.9. The molecule has 1 fully saturated rings. The second-order valence-corrected chi connectivity index (χ2v) is 6.47. The van der Waals surface area contributed by atoms with Gasteiger partial charge in [0.2, 0.25) is 0 Å². The van der Waals surface area contributed by atoms with E-state index < -0.39 is 0 Å². The standard InChI is InChI=1S/C17H34N2O3/c1-7-11-21-13-18-15(20)19(14-22-12-8-2)17(6,10-4)16(18,5)9-3/h7-14H2,1-6H3. The van der Waals surface area contributed by atoms with Crippen LogP contribution in [0.5, 0.6) is 0 Å². The zero-order valence-corrected chi connectivity index (χ0v) is 15.3.